The second kappa shape index (κ2) is 9.45. The van der Waals surface area contributed by atoms with E-state index in [0.29, 0.717) is 49.9 Å². The summed E-state index contributed by atoms with van der Waals surface area (Å²) in [5.41, 5.74) is 3.72. The molecule has 4 aromatic heterocycles. The van der Waals surface area contributed by atoms with Gasteiger partial charge in [0.15, 0.2) is 22.4 Å². The fraction of sp³-hybridized carbons (Fsp3) is 0.375. The number of anilines is 3. The summed E-state index contributed by atoms with van der Waals surface area (Å²) in [4.78, 5) is 38.6. The smallest absolute Gasteiger partial charge is 0.291 e. The Labute approximate surface area is 211 Å². The van der Waals surface area contributed by atoms with Crippen LogP contribution in [0.15, 0.2) is 30.6 Å². The molecule has 186 valence electrons. The first-order chi connectivity index (χ1) is 17.5. The lowest BCUT2D eigenvalue weighted by Gasteiger charge is -2.25. The Bertz CT molecular complexity index is 1410. The van der Waals surface area contributed by atoms with Crippen LogP contribution in [0, 0.1) is 6.92 Å². The van der Waals surface area contributed by atoms with Crippen molar-refractivity contribution in [1.82, 2.24) is 24.9 Å². The number of hydrogen-bond acceptors (Lipinski definition) is 10. The van der Waals surface area contributed by atoms with Crippen LogP contribution in [-0.2, 0) is 4.74 Å². The van der Waals surface area contributed by atoms with Crippen molar-refractivity contribution in [3.8, 4) is 11.3 Å². The predicted octanol–water partition coefficient (Wildman–Crippen LogP) is 2.44. The Morgan fingerprint density at radius 1 is 1.19 bits per heavy atom. The summed E-state index contributed by atoms with van der Waals surface area (Å²) in [5.74, 6) is 0.431. The van der Waals surface area contributed by atoms with Gasteiger partial charge in [-0.05, 0) is 31.5 Å². The highest BCUT2D eigenvalue weighted by Gasteiger charge is 2.27. The van der Waals surface area contributed by atoms with Crippen molar-refractivity contribution in [3.05, 3.63) is 42.1 Å². The molecule has 2 fully saturated rings. The van der Waals surface area contributed by atoms with Gasteiger partial charge >= 0.3 is 0 Å². The molecular weight excluding hydrogens is 480 g/mol. The van der Waals surface area contributed by atoms with E-state index in [2.05, 4.69) is 25.2 Å². The standard InChI is InChI=1S/C24H26N8O3S/c1-14-10-15(2-4-25-14)18-12-26-21(27-18)23(34)28-17-11-19-20(29-22(17)32-5-3-16(33)13-32)30-24(36-19)31-6-8-35-9-7-31/h2,4,10-12,16,33H,3,5-9,13H2,1H3,(H,26,27)(H,28,34)/t16-/m1/s1. The van der Waals surface area contributed by atoms with E-state index in [0.717, 1.165) is 39.9 Å². The number of β-amino-alcohol motifs (C(OH)–C–C–N with tert-alkyl or cyclic N) is 1. The van der Waals surface area contributed by atoms with E-state index < -0.39 is 6.10 Å². The maximum Gasteiger partial charge on any atom is 0.291 e. The van der Waals surface area contributed by atoms with E-state index in [-0.39, 0.29) is 11.7 Å². The third-order valence-electron chi connectivity index (χ3n) is 6.34. The van der Waals surface area contributed by atoms with Gasteiger partial charge in [0, 0.05) is 43.6 Å². The summed E-state index contributed by atoms with van der Waals surface area (Å²) in [6.07, 6.45) is 3.58. The molecule has 0 radical (unpaired) electrons. The van der Waals surface area contributed by atoms with Crippen LogP contribution in [0.2, 0.25) is 0 Å². The lowest BCUT2D eigenvalue weighted by Crippen LogP contribution is -2.36. The summed E-state index contributed by atoms with van der Waals surface area (Å²) in [6, 6.07) is 5.71. The lowest BCUT2D eigenvalue weighted by molar-refractivity contribution is 0.101. The van der Waals surface area contributed by atoms with Gasteiger partial charge in [-0.15, -0.1) is 0 Å². The number of amides is 1. The number of ether oxygens (including phenoxy) is 1. The van der Waals surface area contributed by atoms with Crippen molar-refractivity contribution in [2.75, 3.05) is 54.5 Å². The molecule has 36 heavy (non-hydrogen) atoms. The second-order valence-electron chi connectivity index (χ2n) is 8.95. The number of aliphatic hydroxyl groups is 1. The molecule has 6 rings (SSSR count). The highest BCUT2D eigenvalue weighted by atomic mass is 32.1. The third kappa shape index (κ3) is 4.50. The summed E-state index contributed by atoms with van der Waals surface area (Å²) in [5, 5.41) is 14.0. The van der Waals surface area contributed by atoms with E-state index in [1.54, 1.807) is 23.7 Å². The number of aryl methyl sites for hydroxylation is 1. The van der Waals surface area contributed by atoms with Crippen LogP contribution in [0.5, 0.6) is 0 Å². The first kappa shape index (κ1) is 22.8. The Balaban J connectivity index is 1.31. The molecule has 3 N–H and O–H groups in total. The number of fused-ring (bicyclic) bond motifs is 1. The molecular formula is C24H26N8O3S. The number of morpholine rings is 1. The van der Waals surface area contributed by atoms with Crippen LogP contribution in [0.3, 0.4) is 0 Å². The molecule has 0 spiro atoms. The van der Waals surface area contributed by atoms with Crippen molar-refractivity contribution in [2.24, 2.45) is 0 Å². The summed E-state index contributed by atoms with van der Waals surface area (Å²) >= 11 is 1.54. The fourth-order valence-corrected chi connectivity index (χ4v) is 5.48. The first-order valence-corrected chi connectivity index (χ1v) is 12.7. The molecule has 0 saturated carbocycles. The second-order valence-corrected chi connectivity index (χ2v) is 9.96. The molecule has 2 saturated heterocycles. The van der Waals surface area contributed by atoms with E-state index in [1.165, 1.54) is 0 Å². The number of thiazole rings is 1. The first-order valence-electron chi connectivity index (χ1n) is 11.9. The molecule has 11 nitrogen and oxygen atoms in total. The van der Waals surface area contributed by atoms with Gasteiger partial charge in [-0.3, -0.25) is 9.78 Å². The molecule has 6 heterocycles. The molecule has 0 aliphatic carbocycles. The number of hydrogen-bond donors (Lipinski definition) is 3. The van der Waals surface area contributed by atoms with Gasteiger partial charge in [0.25, 0.3) is 5.91 Å². The third-order valence-corrected chi connectivity index (χ3v) is 7.39. The van der Waals surface area contributed by atoms with Crippen LogP contribution in [0.1, 0.15) is 22.7 Å². The molecule has 4 aromatic rings. The maximum atomic E-state index is 13.2. The number of aromatic amines is 1. The number of aliphatic hydroxyl groups excluding tert-OH is 1. The van der Waals surface area contributed by atoms with E-state index in [4.69, 9.17) is 14.7 Å². The largest absolute Gasteiger partial charge is 0.391 e. The number of nitrogens with one attached hydrogen (secondary N) is 2. The van der Waals surface area contributed by atoms with Crippen molar-refractivity contribution in [2.45, 2.75) is 19.4 Å². The van der Waals surface area contributed by atoms with Crippen LogP contribution >= 0.6 is 11.3 Å². The van der Waals surface area contributed by atoms with Gasteiger partial charge in [0.1, 0.15) is 0 Å². The number of H-pyrrole nitrogens is 1. The minimum atomic E-state index is -0.429. The van der Waals surface area contributed by atoms with Gasteiger partial charge < -0.3 is 29.9 Å². The number of carbonyl (C=O) groups is 1. The lowest BCUT2D eigenvalue weighted by atomic mass is 10.2. The zero-order valence-electron chi connectivity index (χ0n) is 19.8. The Morgan fingerprint density at radius 3 is 2.83 bits per heavy atom. The van der Waals surface area contributed by atoms with Crippen molar-refractivity contribution >= 4 is 44.2 Å². The number of nitrogens with zero attached hydrogens (tertiary/aromatic N) is 6. The van der Waals surface area contributed by atoms with Gasteiger partial charge in [-0.2, -0.15) is 4.98 Å². The predicted molar refractivity (Wildman–Crippen MR) is 138 cm³/mol. The number of pyridine rings is 2. The number of aromatic nitrogens is 5. The number of rotatable bonds is 5. The molecule has 2 aliphatic heterocycles. The van der Waals surface area contributed by atoms with E-state index in [1.807, 2.05) is 30.0 Å². The van der Waals surface area contributed by atoms with Gasteiger partial charge in [-0.25, -0.2) is 9.97 Å². The highest BCUT2D eigenvalue weighted by Crippen LogP contribution is 2.36. The Kier molecular flexibility index (Phi) is 5.99. The fourth-order valence-electron chi connectivity index (χ4n) is 4.48. The van der Waals surface area contributed by atoms with Crippen molar-refractivity contribution in [1.29, 1.82) is 0 Å². The highest BCUT2D eigenvalue weighted by molar-refractivity contribution is 7.22. The van der Waals surface area contributed by atoms with Gasteiger partial charge in [0.05, 0.1) is 41.6 Å². The molecule has 0 aromatic carbocycles. The number of imidazole rings is 1. The average molecular weight is 507 g/mol. The van der Waals surface area contributed by atoms with Crippen LogP contribution in [0.25, 0.3) is 21.6 Å². The SMILES string of the molecule is Cc1cc(-c2cnc(C(=O)Nc3cc4sc(N5CCOCC5)nc4nc3N3CC[C@@H](O)C3)[nH]2)ccn1. The molecule has 0 bridgehead atoms. The molecule has 0 unspecified atom stereocenters. The van der Waals surface area contributed by atoms with Gasteiger partial charge in [-0.1, -0.05) is 11.3 Å². The summed E-state index contributed by atoms with van der Waals surface area (Å²) in [7, 11) is 0. The van der Waals surface area contributed by atoms with Crippen LogP contribution in [0.4, 0.5) is 16.6 Å². The Hall–Kier alpha value is -3.61. The molecule has 1 atom stereocenters. The summed E-state index contributed by atoms with van der Waals surface area (Å²) in [6.45, 7) is 5.93. The Morgan fingerprint density at radius 2 is 2.06 bits per heavy atom. The zero-order valence-corrected chi connectivity index (χ0v) is 20.6. The minimum absolute atomic E-state index is 0.199. The molecule has 1 amide bonds. The molecule has 12 heteroatoms. The van der Waals surface area contributed by atoms with Crippen molar-refractivity contribution in [3.63, 3.8) is 0 Å². The monoisotopic (exact) mass is 506 g/mol. The normalized spacial score (nSPS) is 18.2. The van der Waals surface area contributed by atoms with Crippen molar-refractivity contribution < 1.29 is 14.6 Å². The quantitative estimate of drug-likeness (QED) is 0.373. The minimum Gasteiger partial charge on any atom is -0.391 e. The van der Waals surface area contributed by atoms with E-state index in [9.17, 15) is 9.90 Å². The maximum absolute atomic E-state index is 13.2. The zero-order chi connectivity index (χ0) is 24.6. The van der Waals surface area contributed by atoms with E-state index >= 15 is 0 Å². The van der Waals surface area contributed by atoms with Gasteiger partial charge in [0.2, 0.25) is 0 Å². The van der Waals surface area contributed by atoms with Crippen LogP contribution < -0.4 is 15.1 Å². The number of carbonyl (C=O) groups excluding carboxylic acids is 1. The average Bonchev–Trinajstić information content (AvgIpc) is 3.63. The summed E-state index contributed by atoms with van der Waals surface area (Å²) < 4.78 is 6.34. The topological polar surface area (TPSA) is 132 Å². The molecule has 2 aliphatic rings. The van der Waals surface area contributed by atoms with Crippen LogP contribution in [-0.4, -0.2) is 81.4 Å².